The molecule has 116 valence electrons. The first-order chi connectivity index (χ1) is 9.48. The van der Waals surface area contributed by atoms with E-state index in [1.54, 1.807) is 18.2 Å². The number of rotatable bonds is 6. The maximum Gasteiger partial charge on any atom is 0.335 e. The number of hydrogen-bond donors (Lipinski definition) is 2. The zero-order chi connectivity index (χ0) is 16.3. The second-order valence-electron chi connectivity index (χ2n) is 6.83. The summed E-state index contributed by atoms with van der Waals surface area (Å²) in [6.45, 7) is 13.8. The molecule has 0 aromatic heterocycles. The third-order valence-electron chi connectivity index (χ3n) is 2.73. The lowest BCUT2D eigenvalue weighted by Crippen LogP contribution is -2.42. The van der Waals surface area contributed by atoms with Crippen molar-refractivity contribution >= 4 is 5.97 Å². The molecule has 0 aliphatic heterocycles. The molecule has 0 bridgehead atoms. The topological polar surface area (TPSA) is 58.6 Å². The first-order valence-electron chi connectivity index (χ1n) is 6.97. The lowest BCUT2D eigenvalue weighted by molar-refractivity contribution is 0.0340. The number of nitrogens with one attached hydrogen (secondary N) is 1. The van der Waals surface area contributed by atoms with Gasteiger partial charge in [0.05, 0.1) is 5.56 Å². The third kappa shape index (κ3) is 6.34. The van der Waals surface area contributed by atoms with Crippen molar-refractivity contribution in [2.24, 2.45) is 0 Å². The van der Waals surface area contributed by atoms with Crippen molar-refractivity contribution in [1.82, 2.24) is 5.32 Å². The van der Waals surface area contributed by atoms with Gasteiger partial charge in [-0.2, -0.15) is 0 Å². The van der Waals surface area contributed by atoms with Crippen molar-refractivity contribution in [3.8, 4) is 0 Å². The monoisotopic (exact) mass is 291 g/mol. The molecule has 0 heterocycles. The summed E-state index contributed by atoms with van der Waals surface area (Å²) < 4.78 is 5.67. The lowest BCUT2D eigenvalue weighted by atomic mass is 9.94. The Labute approximate surface area is 126 Å². The largest absolute Gasteiger partial charge is 0.478 e. The van der Waals surface area contributed by atoms with Gasteiger partial charge >= 0.3 is 5.97 Å². The van der Waals surface area contributed by atoms with Gasteiger partial charge in [0.1, 0.15) is 5.60 Å². The van der Waals surface area contributed by atoms with Gasteiger partial charge in [0.25, 0.3) is 0 Å². The van der Waals surface area contributed by atoms with Gasteiger partial charge < -0.3 is 15.2 Å². The van der Waals surface area contributed by atoms with Crippen molar-refractivity contribution in [2.45, 2.75) is 52.2 Å². The predicted molar refractivity (Wildman–Crippen MR) is 84.3 cm³/mol. The molecule has 0 saturated heterocycles. The van der Waals surface area contributed by atoms with E-state index < -0.39 is 5.97 Å². The van der Waals surface area contributed by atoms with Crippen LogP contribution in [0.15, 0.2) is 36.7 Å². The molecule has 0 aliphatic carbocycles. The van der Waals surface area contributed by atoms with Crippen LogP contribution in [0.4, 0.5) is 0 Å². The van der Waals surface area contributed by atoms with Crippen LogP contribution in [-0.2, 0) is 11.2 Å². The summed E-state index contributed by atoms with van der Waals surface area (Å²) in [5, 5.41) is 12.3. The molecule has 1 aromatic rings. The van der Waals surface area contributed by atoms with Crippen LogP contribution in [0.25, 0.3) is 0 Å². The molecule has 1 aromatic carbocycles. The van der Waals surface area contributed by atoms with Crippen LogP contribution in [0.3, 0.4) is 0 Å². The van der Waals surface area contributed by atoms with Gasteiger partial charge in [-0.3, -0.25) is 0 Å². The van der Waals surface area contributed by atoms with Gasteiger partial charge in [-0.15, -0.1) is 0 Å². The number of carboxylic acids is 1. The average molecular weight is 291 g/mol. The normalized spacial score (nSPS) is 11.9. The van der Waals surface area contributed by atoms with E-state index in [-0.39, 0.29) is 11.1 Å². The Kier molecular flexibility index (Phi) is 5.05. The summed E-state index contributed by atoms with van der Waals surface area (Å²) in [5.41, 5.74) is 0.659. The fraction of sp³-hybridized carbons (Fsp3) is 0.471. The molecule has 0 aliphatic rings. The molecular weight excluding hydrogens is 266 g/mol. The lowest BCUT2D eigenvalue weighted by Gasteiger charge is -2.32. The van der Waals surface area contributed by atoms with E-state index in [1.807, 2.05) is 40.7 Å². The van der Waals surface area contributed by atoms with E-state index in [1.165, 1.54) is 0 Å². The number of carbonyl (C=O) groups is 1. The number of benzene rings is 1. The average Bonchev–Trinajstić information content (AvgIpc) is 2.24. The van der Waals surface area contributed by atoms with Crippen molar-refractivity contribution < 1.29 is 14.6 Å². The Morgan fingerprint density at radius 2 is 1.90 bits per heavy atom. The Morgan fingerprint density at radius 1 is 1.29 bits per heavy atom. The Morgan fingerprint density at radius 3 is 2.43 bits per heavy atom. The molecule has 1 rings (SSSR count). The summed E-state index contributed by atoms with van der Waals surface area (Å²) in [5.74, 6) is -0.398. The standard InChI is InChI=1S/C17H25NO3/c1-12(21-16(2,3)4)18-17(5,6)11-13-8-7-9-14(10-13)15(19)20/h7-10,18H,1,11H2,2-6H3,(H,19,20). The molecule has 21 heavy (non-hydrogen) atoms. The number of carboxylic acid groups (broad SMARTS) is 1. The van der Waals surface area contributed by atoms with E-state index >= 15 is 0 Å². The highest BCUT2D eigenvalue weighted by atomic mass is 16.5. The molecule has 0 fully saturated rings. The Balaban J connectivity index is 2.74. The van der Waals surface area contributed by atoms with Gasteiger partial charge in [-0.25, -0.2) is 4.79 Å². The van der Waals surface area contributed by atoms with Crippen LogP contribution < -0.4 is 5.32 Å². The summed E-state index contributed by atoms with van der Waals surface area (Å²) in [4.78, 5) is 11.0. The second kappa shape index (κ2) is 6.20. The molecule has 0 saturated carbocycles. The molecular formula is C17H25NO3. The summed E-state index contributed by atoms with van der Waals surface area (Å²) in [6.07, 6.45) is 0.667. The van der Waals surface area contributed by atoms with Crippen molar-refractivity contribution in [3.63, 3.8) is 0 Å². The summed E-state index contributed by atoms with van der Waals surface area (Å²) in [7, 11) is 0. The van der Waals surface area contributed by atoms with Crippen molar-refractivity contribution in [1.29, 1.82) is 0 Å². The fourth-order valence-electron chi connectivity index (χ4n) is 2.14. The minimum absolute atomic E-state index is 0.292. The van der Waals surface area contributed by atoms with Gasteiger partial charge in [0, 0.05) is 5.54 Å². The summed E-state index contributed by atoms with van der Waals surface area (Å²) >= 11 is 0. The maximum absolute atomic E-state index is 11.0. The highest BCUT2D eigenvalue weighted by Gasteiger charge is 2.22. The van der Waals surface area contributed by atoms with Crippen LogP contribution in [0.2, 0.25) is 0 Å². The van der Waals surface area contributed by atoms with Crippen molar-refractivity contribution in [2.75, 3.05) is 0 Å². The minimum Gasteiger partial charge on any atom is -0.478 e. The van der Waals surface area contributed by atoms with E-state index in [0.717, 1.165) is 5.56 Å². The van der Waals surface area contributed by atoms with Crippen LogP contribution in [-0.4, -0.2) is 22.2 Å². The number of aromatic carboxylic acids is 1. The zero-order valence-electron chi connectivity index (χ0n) is 13.5. The Hall–Kier alpha value is -1.97. The highest BCUT2D eigenvalue weighted by Crippen LogP contribution is 2.18. The molecule has 0 unspecified atom stereocenters. The predicted octanol–water partition coefficient (Wildman–Crippen LogP) is 3.58. The fourth-order valence-corrected chi connectivity index (χ4v) is 2.14. The first kappa shape index (κ1) is 17.1. The highest BCUT2D eigenvalue weighted by molar-refractivity contribution is 5.87. The van der Waals surface area contributed by atoms with Crippen LogP contribution in [0.5, 0.6) is 0 Å². The molecule has 0 spiro atoms. The minimum atomic E-state index is -0.914. The second-order valence-corrected chi connectivity index (χ2v) is 6.83. The van der Waals surface area contributed by atoms with Gasteiger partial charge in [-0.05, 0) is 65.3 Å². The molecule has 2 N–H and O–H groups in total. The summed E-state index contributed by atoms with van der Waals surface area (Å²) in [6, 6.07) is 6.96. The van der Waals surface area contributed by atoms with E-state index in [9.17, 15) is 4.79 Å². The number of hydrogen-bond acceptors (Lipinski definition) is 3. The maximum atomic E-state index is 11.0. The molecule has 4 nitrogen and oxygen atoms in total. The van der Waals surface area contributed by atoms with Crippen LogP contribution in [0.1, 0.15) is 50.5 Å². The zero-order valence-corrected chi connectivity index (χ0v) is 13.5. The molecule has 0 radical (unpaired) electrons. The number of ether oxygens (including phenoxy) is 1. The molecule has 4 heteroatoms. The smallest absolute Gasteiger partial charge is 0.335 e. The van der Waals surface area contributed by atoms with Crippen LogP contribution >= 0.6 is 0 Å². The van der Waals surface area contributed by atoms with E-state index in [0.29, 0.717) is 17.9 Å². The Bertz CT molecular complexity index is 527. The quantitative estimate of drug-likeness (QED) is 0.786. The van der Waals surface area contributed by atoms with E-state index in [4.69, 9.17) is 9.84 Å². The molecule has 0 amide bonds. The van der Waals surface area contributed by atoms with E-state index in [2.05, 4.69) is 11.9 Å². The third-order valence-corrected chi connectivity index (χ3v) is 2.73. The van der Waals surface area contributed by atoms with Gasteiger partial charge in [0.2, 0.25) is 0 Å². The van der Waals surface area contributed by atoms with Crippen LogP contribution in [0, 0.1) is 0 Å². The van der Waals surface area contributed by atoms with Crippen molar-refractivity contribution in [3.05, 3.63) is 47.9 Å². The molecule has 0 atom stereocenters. The van der Waals surface area contributed by atoms with Gasteiger partial charge in [0.15, 0.2) is 5.88 Å². The van der Waals surface area contributed by atoms with Gasteiger partial charge in [-0.1, -0.05) is 12.1 Å². The SMILES string of the molecule is C=C(NC(C)(C)Cc1cccc(C(=O)O)c1)OC(C)(C)C. The first-order valence-corrected chi connectivity index (χ1v) is 6.97.